The van der Waals surface area contributed by atoms with Crippen LogP contribution in [0.3, 0.4) is 0 Å². The van der Waals surface area contributed by atoms with Crippen LogP contribution in [0, 0.1) is 5.92 Å². The lowest BCUT2D eigenvalue weighted by Crippen LogP contribution is -2.37. The van der Waals surface area contributed by atoms with Gasteiger partial charge < -0.3 is 15.0 Å². The molecule has 20 heavy (non-hydrogen) atoms. The molecule has 0 saturated carbocycles. The second-order valence-electron chi connectivity index (χ2n) is 5.50. The molecule has 112 valence electrons. The summed E-state index contributed by atoms with van der Waals surface area (Å²) >= 11 is 5.84. The van der Waals surface area contributed by atoms with Crippen molar-refractivity contribution >= 4 is 11.6 Å². The summed E-state index contributed by atoms with van der Waals surface area (Å²) in [6, 6.07) is 7.57. The number of piperidine rings is 1. The first-order chi connectivity index (χ1) is 9.78. The van der Waals surface area contributed by atoms with Gasteiger partial charge in [-0.2, -0.15) is 0 Å². The Balaban J connectivity index is 1.56. The van der Waals surface area contributed by atoms with Crippen LogP contribution in [0.15, 0.2) is 24.3 Å². The molecule has 0 amide bonds. The second-order valence-corrected chi connectivity index (χ2v) is 5.94. The summed E-state index contributed by atoms with van der Waals surface area (Å²) in [6.45, 7) is 5.53. The third kappa shape index (κ3) is 5.31. The zero-order chi connectivity index (χ0) is 14.2. The summed E-state index contributed by atoms with van der Waals surface area (Å²) in [4.78, 5) is 2.55. The first-order valence-corrected chi connectivity index (χ1v) is 7.91. The molecule has 0 atom stereocenters. The fraction of sp³-hybridized carbons (Fsp3) is 0.625. The van der Waals surface area contributed by atoms with E-state index in [9.17, 15) is 0 Å². The molecular weight excluding hydrogens is 272 g/mol. The molecule has 1 aromatic rings. The third-order valence-corrected chi connectivity index (χ3v) is 4.15. The Morgan fingerprint density at radius 1 is 1.25 bits per heavy atom. The lowest BCUT2D eigenvalue weighted by Gasteiger charge is -2.31. The summed E-state index contributed by atoms with van der Waals surface area (Å²) in [5.41, 5.74) is 0. The van der Waals surface area contributed by atoms with Gasteiger partial charge in [0.15, 0.2) is 0 Å². The summed E-state index contributed by atoms with van der Waals surface area (Å²) in [7, 11) is 2.04. The van der Waals surface area contributed by atoms with Crippen LogP contribution >= 0.6 is 11.6 Å². The highest BCUT2D eigenvalue weighted by Crippen LogP contribution is 2.17. The van der Waals surface area contributed by atoms with E-state index in [-0.39, 0.29) is 0 Å². The Labute approximate surface area is 127 Å². The highest BCUT2D eigenvalue weighted by atomic mass is 35.5. The minimum atomic E-state index is 0.752. The van der Waals surface area contributed by atoms with E-state index in [1.54, 1.807) is 0 Å². The van der Waals surface area contributed by atoms with Gasteiger partial charge in [0.1, 0.15) is 5.75 Å². The van der Waals surface area contributed by atoms with Gasteiger partial charge in [-0.25, -0.2) is 0 Å². The van der Waals surface area contributed by atoms with E-state index < -0.39 is 0 Å². The standard InChI is InChI=1S/C16H25ClN2O/c1-18-13-14-7-10-19(11-8-14)9-2-12-20-16-5-3-15(17)4-6-16/h3-6,14,18H,2,7-13H2,1H3. The number of benzene rings is 1. The molecule has 0 radical (unpaired) electrons. The van der Waals surface area contributed by atoms with Crippen LogP contribution in [0.5, 0.6) is 5.75 Å². The van der Waals surface area contributed by atoms with Gasteiger partial charge in [-0.3, -0.25) is 0 Å². The Hall–Kier alpha value is -0.770. The van der Waals surface area contributed by atoms with E-state index in [1.807, 2.05) is 31.3 Å². The van der Waals surface area contributed by atoms with Crippen LogP contribution < -0.4 is 10.1 Å². The fourth-order valence-electron chi connectivity index (χ4n) is 2.71. The molecule has 0 unspecified atom stereocenters. The van der Waals surface area contributed by atoms with Crippen LogP contribution in [0.4, 0.5) is 0 Å². The van der Waals surface area contributed by atoms with Crippen LogP contribution in [-0.2, 0) is 0 Å². The normalized spacial score (nSPS) is 17.3. The number of nitrogens with zero attached hydrogens (tertiary/aromatic N) is 1. The molecule has 0 bridgehead atoms. The maximum Gasteiger partial charge on any atom is 0.119 e. The molecule has 0 aromatic heterocycles. The molecule has 4 heteroatoms. The molecule has 1 aromatic carbocycles. The minimum absolute atomic E-state index is 0.752. The summed E-state index contributed by atoms with van der Waals surface area (Å²) in [6.07, 6.45) is 3.72. The van der Waals surface area contributed by atoms with Crippen LogP contribution in [0.25, 0.3) is 0 Å². The highest BCUT2D eigenvalue weighted by Gasteiger charge is 2.17. The van der Waals surface area contributed by atoms with E-state index in [4.69, 9.17) is 16.3 Å². The fourth-order valence-corrected chi connectivity index (χ4v) is 2.84. The smallest absolute Gasteiger partial charge is 0.119 e. The number of hydrogen-bond donors (Lipinski definition) is 1. The molecule has 1 aliphatic rings. The maximum absolute atomic E-state index is 5.84. The second kappa shape index (κ2) is 8.50. The lowest BCUT2D eigenvalue weighted by atomic mass is 9.97. The number of rotatable bonds is 7. The van der Waals surface area contributed by atoms with Crippen molar-refractivity contribution < 1.29 is 4.74 Å². The lowest BCUT2D eigenvalue weighted by molar-refractivity contribution is 0.170. The van der Waals surface area contributed by atoms with E-state index >= 15 is 0 Å². The van der Waals surface area contributed by atoms with Crippen LogP contribution in [-0.4, -0.2) is 44.7 Å². The molecule has 1 saturated heterocycles. The van der Waals surface area contributed by atoms with Gasteiger partial charge in [-0.15, -0.1) is 0 Å². The molecule has 3 nitrogen and oxygen atoms in total. The first kappa shape index (κ1) is 15.6. The van der Waals surface area contributed by atoms with Gasteiger partial charge in [0, 0.05) is 11.6 Å². The van der Waals surface area contributed by atoms with Gasteiger partial charge in [0.25, 0.3) is 0 Å². The van der Waals surface area contributed by atoms with Crippen molar-refractivity contribution in [2.24, 2.45) is 5.92 Å². The molecule has 1 heterocycles. The van der Waals surface area contributed by atoms with E-state index in [2.05, 4.69) is 10.2 Å². The topological polar surface area (TPSA) is 24.5 Å². The minimum Gasteiger partial charge on any atom is -0.494 e. The molecule has 1 fully saturated rings. The van der Waals surface area contributed by atoms with Crippen molar-refractivity contribution in [3.05, 3.63) is 29.3 Å². The summed E-state index contributed by atoms with van der Waals surface area (Å²) in [5.74, 6) is 1.77. The average molecular weight is 297 g/mol. The van der Waals surface area contributed by atoms with Crippen molar-refractivity contribution in [2.45, 2.75) is 19.3 Å². The van der Waals surface area contributed by atoms with Gasteiger partial charge in [0.05, 0.1) is 6.61 Å². The largest absolute Gasteiger partial charge is 0.494 e. The van der Waals surface area contributed by atoms with Crippen molar-refractivity contribution in [3.63, 3.8) is 0 Å². The summed E-state index contributed by atoms with van der Waals surface area (Å²) < 4.78 is 5.72. The van der Waals surface area contributed by atoms with Crippen molar-refractivity contribution in [1.29, 1.82) is 0 Å². The molecule has 0 spiro atoms. The molecular formula is C16H25ClN2O. The van der Waals surface area contributed by atoms with E-state index in [0.29, 0.717) is 0 Å². The Kier molecular flexibility index (Phi) is 6.64. The predicted molar refractivity (Wildman–Crippen MR) is 84.7 cm³/mol. The Bertz CT molecular complexity index is 375. The van der Waals surface area contributed by atoms with Crippen LogP contribution in [0.1, 0.15) is 19.3 Å². The predicted octanol–water partition coefficient (Wildman–Crippen LogP) is 3.04. The molecule has 1 aliphatic heterocycles. The van der Waals surface area contributed by atoms with E-state index in [0.717, 1.165) is 42.8 Å². The Morgan fingerprint density at radius 2 is 1.95 bits per heavy atom. The monoisotopic (exact) mass is 296 g/mol. The Morgan fingerprint density at radius 3 is 2.60 bits per heavy atom. The van der Waals surface area contributed by atoms with E-state index in [1.165, 1.54) is 25.9 Å². The zero-order valence-corrected chi connectivity index (χ0v) is 13.0. The molecule has 0 aliphatic carbocycles. The number of ether oxygens (including phenoxy) is 1. The zero-order valence-electron chi connectivity index (χ0n) is 12.3. The number of nitrogens with one attached hydrogen (secondary N) is 1. The summed E-state index contributed by atoms with van der Waals surface area (Å²) in [5, 5.41) is 4.03. The van der Waals surface area contributed by atoms with Crippen molar-refractivity contribution in [2.75, 3.05) is 39.8 Å². The van der Waals surface area contributed by atoms with Crippen LogP contribution in [0.2, 0.25) is 5.02 Å². The number of likely N-dealkylation sites (tertiary alicyclic amines) is 1. The average Bonchev–Trinajstić information content (AvgIpc) is 2.47. The quantitative estimate of drug-likeness (QED) is 0.783. The maximum atomic E-state index is 5.84. The molecule has 1 N–H and O–H groups in total. The van der Waals surface area contributed by atoms with Gasteiger partial charge in [-0.05, 0) is 76.1 Å². The number of halogens is 1. The van der Waals surface area contributed by atoms with Crippen molar-refractivity contribution in [3.8, 4) is 5.75 Å². The first-order valence-electron chi connectivity index (χ1n) is 7.53. The van der Waals surface area contributed by atoms with Crippen molar-refractivity contribution in [1.82, 2.24) is 10.2 Å². The van der Waals surface area contributed by atoms with Gasteiger partial charge in [-0.1, -0.05) is 11.6 Å². The third-order valence-electron chi connectivity index (χ3n) is 3.90. The highest BCUT2D eigenvalue weighted by molar-refractivity contribution is 6.30. The molecule has 2 rings (SSSR count). The number of hydrogen-bond acceptors (Lipinski definition) is 3. The van der Waals surface area contributed by atoms with Gasteiger partial charge >= 0.3 is 0 Å². The van der Waals surface area contributed by atoms with Gasteiger partial charge in [0.2, 0.25) is 0 Å². The SMILES string of the molecule is CNCC1CCN(CCCOc2ccc(Cl)cc2)CC1.